The van der Waals surface area contributed by atoms with Crippen molar-refractivity contribution in [3.63, 3.8) is 0 Å². The Morgan fingerprint density at radius 1 is 1.24 bits per heavy atom. The van der Waals surface area contributed by atoms with Gasteiger partial charge in [-0.05, 0) is 18.2 Å². The van der Waals surface area contributed by atoms with Gasteiger partial charge in [0, 0.05) is 5.39 Å². The van der Waals surface area contributed by atoms with Crippen molar-refractivity contribution in [1.82, 2.24) is 25.5 Å². The second-order valence-electron chi connectivity index (χ2n) is 5.54. The molecule has 1 aromatic carbocycles. The molecule has 0 saturated heterocycles. The number of ether oxygens (including phenoxy) is 2. The highest BCUT2D eigenvalue weighted by Gasteiger charge is 2.15. The van der Waals surface area contributed by atoms with Crippen LogP contribution in [-0.4, -0.2) is 45.6 Å². The molecule has 3 aromatic rings. The highest BCUT2D eigenvalue weighted by atomic mass is 19.1. The molecular weight excluding hydrogens is 329 g/mol. The maximum Gasteiger partial charge on any atom is 0.407 e. The van der Waals surface area contributed by atoms with Crippen molar-refractivity contribution in [3.05, 3.63) is 36.3 Å². The van der Waals surface area contributed by atoms with E-state index in [9.17, 15) is 9.18 Å². The molecule has 0 radical (unpaired) electrons. The minimum atomic E-state index is -1.36. The number of alkyl carbamates (subject to hydrolysis) is 1. The van der Waals surface area contributed by atoms with Gasteiger partial charge < -0.3 is 14.8 Å². The van der Waals surface area contributed by atoms with Gasteiger partial charge in [-0.15, -0.1) is 0 Å². The summed E-state index contributed by atoms with van der Waals surface area (Å²) >= 11 is 0. The fraction of sp³-hybridized carbons (Fsp3) is 0.250. The van der Waals surface area contributed by atoms with Gasteiger partial charge in [0.15, 0.2) is 6.17 Å². The van der Waals surface area contributed by atoms with Crippen LogP contribution in [0.2, 0.25) is 0 Å². The summed E-state index contributed by atoms with van der Waals surface area (Å²) in [7, 11) is 0. The number of rotatable bonds is 0. The average molecular weight is 343 g/mol. The number of aromatic nitrogens is 4. The molecule has 1 atom stereocenters. The first kappa shape index (κ1) is 15.3. The summed E-state index contributed by atoms with van der Waals surface area (Å²) in [4.78, 5) is 20.2. The number of carbonyl (C=O) groups is 1. The molecule has 8 nitrogen and oxygen atoms in total. The normalized spacial score (nSPS) is 18.0. The van der Waals surface area contributed by atoms with Gasteiger partial charge in [-0.3, -0.25) is 10.1 Å². The van der Waals surface area contributed by atoms with E-state index < -0.39 is 12.3 Å². The number of H-pyrrole nitrogens is 1. The SMILES string of the molecule is O=C1NC[C@@H](F)COc2ccc3[nH]nc(c3c2)-c2cncc(n2)CO1. The third-order valence-corrected chi connectivity index (χ3v) is 3.71. The Labute approximate surface area is 141 Å². The molecule has 0 spiro atoms. The average Bonchev–Trinajstić information content (AvgIpc) is 3.06. The Bertz CT molecular complexity index is 929. The lowest BCUT2D eigenvalue weighted by Gasteiger charge is -2.11. The van der Waals surface area contributed by atoms with E-state index in [4.69, 9.17) is 9.47 Å². The lowest BCUT2D eigenvalue weighted by atomic mass is 10.1. The molecule has 2 N–H and O–H groups in total. The molecule has 2 aromatic heterocycles. The number of nitrogens with one attached hydrogen (secondary N) is 2. The summed E-state index contributed by atoms with van der Waals surface area (Å²) in [5.41, 5.74) is 2.38. The van der Waals surface area contributed by atoms with Gasteiger partial charge in [-0.1, -0.05) is 0 Å². The van der Waals surface area contributed by atoms with E-state index in [1.54, 1.807) is 24.4 Å². The number of aromatic amines is 1. The van der Waals surface area contributed by atoms with Crippen LogP contribution in [0.15, 0.2) is 30.6 Å². The van der Waals surface area contributed by atoms with Crippen molar-refractivity contribution in [2.45, 2.75) is 12.8 Å². The fourth-order valence-corrected chi connectivity index (χ4v) is 2.50. The maximum atomic E-state index is 13.9. The van der Waals surface area contributed by atoms with E-state index in [1.807, 2.05) is 0 Å². The molecule has 0 aliphatic carbocycles. The van der Waals surface area contributed by atoms with E-state index in [0.717, 1.165) is 10.9 Å². The molecule has 128 valence electrons. The van der Waals surface area contributed by atoms with Crippen molar-refractivity contribution >= 4 is 17.0 Å². The number of nitrogens with zero attached hydrogens (tertiary/aromatic N) is 3. The number of hydrogen-bond acceptors (Lipinski definition) is 6. The molecular formula is C16H14FN5O3. The van der Waals surface area contributed by atoms with Crippen molar-refractivity contribution in [3.8, 4) is 17.1 Å². The monoisotopic (exact) mass is 343 g/mol. The van der Waals surface area contributed by atoms with E-state index >= 15 is 0 Å². The number of benzene rings is 1. The molecule has 1 aliphatic rings. The molecule has 25 heavy (non-hydrogen) atoms. The molecule has 4 bridgehead atoms. The number of carbonyl (C=O) groups excluding carboxylic acids is 1. The van der Waals surface area contributed by atoms with Crippen molar-refractivity contribution < 1.29 is 18.7 Å². The minimum absolute atomic E-state index is 0.0757. The van der Waals surface area contributed by atoms with Gasteiger partial charge in [0.1, 0.15) is 30.4 Å². The van der Waals surface area contributed by atoms with Gasteiger partial charge in [0.2, 0.25) is 0 Å². The Hall–Kier alpha value is -3.23. The predicted octanol–water partition coefficient (Wildman–Crippen LogP) is 1.98. The lowest BCUT2D eigenvalue weighted by molar-refractivity contribution is 0.130. The van der Waals surface area contributed by atoms with E-state index in [2.05, 4.69) is 25.5 Å². The summed E-state index contributed by atoms with van der Waals surface area (Å²) in [6, 6.07) is 5.29. The summed E-state index contributed by atoms with van der Waals surface area (Å²) in [6.45, 7) is -0.468. The van der Waals surface area contributed by atoms with Gasteiger partial charge >= 0.3 is 6.09 Å². The smallest absolute Gasteiger partial charge is 0.407 e. The predicted molar refractivity (Wildman–Crippen MR) is 85.7 cm³/mol. The quantitative estimate of drug-likeness (QED) is 0.647. The van der Waals surface area contributed by atoms with E-state index in [-0.39, 0.29) is 19.8 Å². The number of hydrogen-bond donors (Lipinski definition) is 2. The van der Waals surface area contributed by atoms with Crippen molar-refractivity contribution in [2.24, 2.45) is 0 Å². The van der Waals surface area contributed by atoms with Crippen molar-refractivity contribution in [1.29, 1.82) is 0 Å². The van der Waals surface area contributed by atoms with Gasteiger partial charge in [0.25, 0.3) is 0 Å². The molecule has 4 rings (SSSR count). The molecule has 1 aliphatic heterocycles. The first-order valence-corrected chi connectivity index (χ1v) is 7.66. The number of amides is 1. The molecule has 0 unspecified atom stereocenters. The number of cyclic esters (lactones) is 1. The third-order valence-electron chi connectivity index (χ3n) is 3.71. The molecule has 9 heteroatoms. The van der Waals surface area contributed by atoms with Gasteiger partial charge in [-0.25, -0.2) is 14.2 Å². The second-order valence-corrected chi connectivity index (χ2v) is 5.54. The Kier molecular flexibility index (Phi) is 3.88. The highest BCUT2D eigenvalue weighted by Crippen LogP contribution is 2.28. The Morgan fingerprint density at radius 2 is 2.16 bits per heavy atom. The number of alkyl halides is 1. The first-order chi connectivity index (χ1) is 12.2. The molecule has 0 saturated carbocycles. The summed E-state index contributed by atoms with van der Waals surface area (Å²) in [5, 5.41) is 10.3. The van der Waals surface area contributed by atoms with Crippen LogP contribution >= 0.6 is 0 Å². The summed E-state index contributed by atoms with van der Waals surface area (Å²) < 4.78 is 24.4. The first-order valence-electron chi connectivity index (χ1n) is 7.66. The van der Waals surface area contributed by atoms with Crippen LogP contribution in [0.3, 0.4) is 0 Å². The van der Waals surface area contributed by atoms with Crippen LogP contribution in [0.25, 0.3) is 22.3 Å². The summed E-state index contributed by atoms with van der Waals surface area (Å²) in [6.07, 6.45) is 0.976. The zero-order chi connectivity index (χ0) is 17.2. The summed E-state index contributed by atoms with van der Waals surface area (Å²) in [5.74, 6) is 0.499. The van der Waals surface area contributed by atoms with Crippen LogP contribution in [0, 0.1) is 0 Å². The zero-order valence-electron chi connectivity index (χ0n) is 13.0. The van der Waals surface area contributed by atoms with Crippen LogP contribution in [0.4, 0.5) is 9.18 Å². The number of halogens is 1. The van der Waals surface area contributed by atoms with E-state index in [1.165, 1.54) is 6.20 Å². The van der Waals surface area contributed by atoms with Crippen LogP contribution in [0.5, 0.6) is 5.75 Å². The zero-order valence-corrected chi connectivity index (χ0v) is 13.0. The highest BCUT2D eigenvalue weighted by molar-refractivity contribution is 5.92. The van der Waals surface area contributed by atoms with Crippen LogP contribution in [-0.2, 0) is 11.3 Å². The van der Waals surface area contributed by atoms with Gasteiger partial charge in [-0.2, -0.15) is 5.10 Å². The topological polar surface area (TPSA) is 102 Å². The third kappa shape index (κ3) is 3.21. The second kappa shape index (κ2) is 6.34. The molecule has 3 heterocycles. The largest absolute Gasteiger partial charge is 0.490 e. The minimum Gasteiger partial charge on any atom is -0.490 e. The Balaban J connectivity index is 1.78. The van der Waals surface area contributed by atoms with Crippen LogP contribution < -0.4 is 10.1 Å². The lowest BCUT2D eigenvalue weighted by Crippen LogP contribution is -2.33. The standard InChI is InChI=1S/C16H14FN5O3/c17-9-4-19-16(23)25-8-10-5-18-6-14(20-10)15-12-3-11(24-7-9)1-2-13(12)21-22-15/h1-3,5-6,9H,4,7-8H2,(H,19,23)(H,21,22)/t9-/m1/s1. The Morgan fingerprint density at radius 3 is 3.08 bits per heavy atom. The van der Waals surface area contributed by atoms with Crippen molar-refractivity contribution in [2.75, 3.05) is 13.2 Å². The van der Waals surface area contributed by atoms with E-state index in [0.29, 0.717) is 22.8 Å². The van der Waals surface area contributed by atoms with Gasteiger partial charge in [0.05, 0.1) is 30.1 Å². The number of fused-ring (bicyclic) bond motifs is 4. The molecule has 1 amide bonds. The fourth-order valence-electron chi connectivity index (χ4n) is 2.50. The van der Waals surface area contributed by atoms with Crippen LogP contribution in [0.1, 0.15) is 5.69 Å². The maximum absolute atomic E-state index is 13.9. The molecule has 0 fully saturated rings.